The Morgan fingerprint density at radius 3 is 1.41 bits per heavy atom. The third kappa shape index (κ3) is 7.42. The molecule has 8 rings (SSSR count). The number of carbonyl (C=O) groups is 3. The zero-order valence-corrected chi connectivity index (χ0v) is 32.9. The molecule has 9 heteroatoms. The van der Waals surface area contributed by atoms with Crippen molar-refractivity contribution in [2.45, 2.75) is 40.8 Å². The van der Waals surface area contributed by atoms with Crippen LogP contribution in [0.15, 0.2) is 134 Å². The van der Waals surface area contributed by atoms with Crippen LogP contribution in [0.2, 0.25) is 0 Å². The number of ether oxygens (including phenoxy) is 2. The van der Waals surface area contributed by atoms with Gasteiger partial charge in [-0.3, -0.25) is 14.8 Å². The highest BCUT2D eigenvalue weighted by molar-refractivity contribution is 6.16. The van der Waals surface area contributed by atoms with Crippen molar-refractivity contribution in [3.8, 4) is 22.5 Å². The molecule has 0 fully saturated rings. The fraction of sp³-hybridized carbons (Fsp3) is 0.163. The normalized spacial score (nSPS) is 11.2. The number of pyridine rings is 2. The number of carbonyl (C=O) groups excluding carboxylic acids is 3. The molecule has 0 aliphatic rings. The molecule has 0 N–H and O–H groups in total. The monoisotopic (exact) mass is 766 g/mol. The summed E-state index contributed by atoms with van der Waals surface area (Å²) in [6.45, 7) is 9.14. The van der Waals surface area contributed by atoms with E-state index >= 15 is 0 Å². The van der Waals surface area contributed by atoms with Gasteiger partial charge in [-0.25, -0.2) is 9.59 Å². The minimum Gasteiger partial charge on any atom is -0.462 e. The number of esters is 2. The maximum absolute atomic E-state index is 14.9. The van der Waals surface area contributed by atoms with Crippen LogP contribution in [0.5, 0.6) is 0 Å². The van der Waals surface area contributed by atoms with Crippen LogP contribution in [0.1, 0.15) is 72.7 Å². The Labute approximate surface area is 336 Å². The van der Waals surface area contributed by atoms with Crippen molar-refractivity contribution in [3.05, 3.63) is 178 Å². The number of aromatic nitrogens is 4. The van der Waals surface area contributed by atoms with E-state index < -0.39 is 0 Å². The lowest BCUT2D eigenvalue weighted by molar-refractivity contribution is 0.0519. The molecular formula is C49H42N4O5. The number of aryl methyl sites for hydroxylation is 2. The van der Waals surface area contributed by atoms with Gasteiger partial charge in [-0.15, -0.1) is 0 Å². The van der Waals surface area contributed by atoms with E-state index in [0.717, 1.165) is 55.5 Å². The van der Waals surface area contributed by atoms with Crippen molar-refractivity contribution in [2.75, 3.05) is 13.2 Å². The van der Waals surface area contributed by atoms with E-state index in [-0.39, 0.29) is 30.9 Å². The summed E-state index contributed by atoms with van der Waals surface area (Å²) in [7, 11) is 0. The molecule has 0 amide bonds. The predicted octanol–water partition coefficient (Wildman–Crippen LogP) is 10.0. The fourth-order valence-corrected chi connectivity index (χ4v) is 7.60. The Morgan fingerprint density at radius 1 is 0.534 bits per heavy atom. The van der Waals surface area contributed by atoms with Gasteiger partial charge in [0.15, 0.2) is 5.78 Å². The maximum Gasteiger partial charge on any atom is 0.338 e. The van der Waals surface area contributed by atoms with Gasteiger partial charge in [0.25, 0.3) is 0 Å². The van der Waals surface area contributed by atoms with Gasteiger partial charge in [-0.05, 0) is 112 Å². The number of fused-ring (bicyclic) bond motifs is 2. The minimum atomic E-state index is -0.380. The van der Waals surface area contributed by atoms with Gasteiger partial charge in [-0.2, -0.15) is 0 Å². The van der Waals surface area contributed by atoms with Crippen molar-refractivity contribution < 1.29 is 23.9 Å². The first kappa shape index (κ1) is 37.8. The van der Waals surface area contributed by atoms with Crippen LogP contribution < -0.4 is 0 Å². The van der Waals surface area contributed by atoms with E-state index in [4.69, 9.17) is 9.47 Å². The van der Waals surface area contributed by atoms with Crippen LogP contribution in [0.4, 0.5) is 0 Å². The third-order valence-electron chi connectivity index (χ3n) is 10.3. The molecule has 58 heavy (non-hydrogen) atoms. The number of benzene rings is 4. The Morgan fingerprint density at radius 2 is 0.983 bits per heavy atom. The lowest BCUT2D eigenvalue weighted by Gasteiger charge is -2.17. The molecule has 0 saturated carbocycles. The number of hydrogen-bond donors (Lipinski definition) is 0. The van der Waals surface area contributed by atoms with Crippen LogP contribution in [0.25, 0.3) is 44.3 Å². The van der Waals surface area contributed by atoms with Crippen LogP contribution in [0.3, 0.4) is 0 Å². The molecule has 9 nitrogen and oxygen atoms in total. The van der Waals surface area contributed by atoms with E-state index in [1.165, 1.54) is 0 Å². The molecular weight excluding hydrogens is 725 g/mol. The molecule has 4 heterocycles. The first-order valence-electron chi connectivity index (χ1n) is 19.4. The van der Waals surface area contributed by atoms with Gasteiger partial charge < -0.3 is 18.6 Å². The van der Waals surface area contributed by atoms with Gasteiger partial charge in [-0.1, -0.05) is 47.5 Å². The smallest absolute Gasteiger partial charge is 0.338 e. The summed E-state index contributed by atoms with van der Waals surface area (Å²) in [4.78, 5) is 49.8. The average Bonchev–Trinajstić information content (AvgIpc) is 3.89. The Kier molecular flexibility index (Phi) is 10.5. The summed E-state index contributed by atoms with van der Waals surface area (Å²) in [5.41, 5.74) is 10.8. The Bertz CT molecular complexity index is 2670. The van der Waals surface area contributed by atoms with Crippen LogP contribution in [-0.2, 0) is 22.6 Å². The SMILES string of the molecule is CCOC(=O)c1cccc2ncc(Cn3cccc3-c3cc(C)ccc3C(=O)c3ccc(C)cc3-c3cccn3Cc3cnc4cccc(C(=O)OCC)c4c3)cc12. The molecule has 0 unspecified atom stereocenters. The molecule has 0 atom stereocenters. The molecule has 0 spiro atoms. The zero-order valence-electron chi connectivity index (χ0n) is 32.9. The summed E-state index contributed by atoms with van der Waals surface area (Å²) in [5.74, 6) is -0.854. The fourth-order valence-electron chi connectivity index (χ4n) is 7.60. The molecule has 8 aromatic rings. The lowest BCUT2D eigenvalue weighted by Crippen LogP contribution is -2.10. The van der Waals surface area contributed by atoms with Crippen molar-refractivity contribution in [3.63, 3.8) is 0 Å². The highest BCUT2D eigenvalue weighted by Gasteiger charge is 2.23. The Hall–Kier alpha value is -7.13. The van der Waals surface area contributed by atoms with Gasteiger partial charge in [0, 0.05) is 82.3 Å². The van der Waals surface area contributed by atoms with Gasteiger partial charge in [0.1, 0.15) is 0 Å². The average molecular weight is 767 g/mol. The third-order valence-corrected chi connectivity index (χ3v) is 10.3. The largest absolute Gasteiger partial charge is 0.462 e. The van der Waals surface area contributed by atoms with Crippen LogP contribution in [-0.4, -0.2) is 50.0 Å². The second-order valence-electron chi connectivity index (χ2n) is 14.3. The molecule has 0 aliphatic carbocycles. The van der Waals surface area contributed by atoms with Crippen molar-refractivity contribution in [2.24, 2.45) is 0 Å². The standard InChI is InChI=1S/C49H42N4O5/c1-5-57-48(55)37-11-7-13-43-39(37)25-33(27-50-43)29-52-21-9-15-45(52)41-23-31(3)17-19-35(41)47(54)36-20-18-32(4)24-42(36)46-16-10-22-53(46)30-34-26-40-38(49(56)58-6-2)12-8-14-44(40)51-28-34/h7-28H,5-6,29-30H2,1-4H3. The summed E-state index contributed by atoms with van der Waals surface area (Å²) >= 11 is 0. The minimum absolute atomic E-state index is 0.0941. The molecule has 0 aliphatic heterocycles. The molecule has 4 aromatic heterocycles. The predicted molar refractivity (Wildman–Crippen MR) is 226 cm³/mol. The Balaban J connectivity index is 1.14. The second kappa shape index (κ2) is 16.2. The summed E-state index contributed by atoms with van der Waals surface area (Å²) in [6, 6.07) is 34.8. The first-order chi connectivity index (χ1) is 28.2. The molecule has 4 aromatic carbocycles. The van der Waals surface area contributed by atoms with Gasteiger partial charge >= 0.3 is 11.9 Å². The van der Waals surface area contributed by atoms with E-state index in [1.54, 1.807) is 26.0 Å². The van der Waals surface area contributed by atoms with Crippen molar-refractivity contribution >= 4 is 39.5 Å². The number of ketones is 1. The van der Waals surface area contributed by atoms with E-state index in [1.807, 2.05) is 124 Å². The van der Waals surface area contributed by atoms with Gasteiger partial charge in [0.2, 0.25) is 0 Å². The van der Waals surface area contributed by atoms with Crippen molar-refractivity contribution in [1.29, 1.82) is 0 Å². The molecule has 0 bridgehead atoms. The first-order valence-corrected chi connectivity index (χ1v) is 19.4. The molecule has 0 radical (unpaired) electrons. The highest BCUT2D eigenvalue weighted by atomic mass is 16.5. The molecule has 0 saturated heterocycles. The van der Waals surface area contributed by atoms with Crippen LogP contribution >= 0.6 is 0 Å². The van der Waals surface area contributed by atoms with E-state index in [0.29, 0.717) is 46.4 Å². The topological polar surface area (TPSA) is 105 Å². The maximum atomic E-state index is 14.9. The van der Waals surface area contributed by atoms with Gasteiger partial charge in [0.05, 0.1) is 35.4 Å². The summed E-state index contributed by atoms with van der Waals surface area (Å²) < 4.78 is 14.9. The summed E-state index contributed by atoms with van der Waals surface area (Å²) in [6.07, 6.45) is 7.64. The lowest BCUT2D eigenvalue weighted by atomic mass is 9.91. The van der Waals surface area contributed by atoms with Crippen LogP contribution in [0, 0.1) is 13.8 Å². The van der Waals surface area contributed by atoms with E-state index in [9.17, 15) is 14.4 Å². The zero-order chi connectivity index (χ0) is 40.3. The van der Waals surface area contributed by atoms with Crippen molar-refractivity contribution in [1.82, 2.24) is 19.1 Å². The number of nitrogens with zero attached hydrogens (tertiary/aromatic N) is 4. The number of rotatable bonds is 12. The quantitative estimate of drug-likeness (QED) is 0.0901. The number of hydrogen-bond acceptors (Lipinski definition) is 7. The summed E-state index contributed by atoms with van der Waals surface area (Å²) in [5, 5.41) is 1.46. The molecule has 288 valence electrons. The van der Waals surface area contributed by atoms with E-state index in [2.05, 4.69) is 31.2 Å². The highest BCUT2D eigenvalue weighted by Crippen LogP contribution is 2.33. The second-order valence-corrected chi connectivity index (χ2v) is 14.3.